The molecule has 0 heterocycles. The lowest BCUT2D eigenvalue weighted by Gasteiger charge is -2.18. The van der Waals surface area contributed by atoms with E-state index in [9.17, 15) is 14.4 Å². The number of nitrogens with zero attached hydrogens (tertiary/aromatic N) is 3. The zero-order valence-electron chi connectivity index (χ0n) is 17.1. The number of nitrogens with two attached hydrogens (primary N) is 1. The fraction of sp³-hybridized carbons (Fsp3) is 0.789. The normalized spacial score (nSPS) is 12.0. The van der Waals surface area contributed by atoms with E-state index in [1.165, 1.54) is 19.6 Å². The van der Waals surface area contributed by atoms with E-state index in [4.69, 9.17) is 16.4 Å². The Morgan fingerprint density at radius 1 is 1.18 bits per heavy atom. The first-order valence-electron chi connectivity index (χ1n) is 9.34. The summed E-state index contributed by atoms with van der Waals surface area (Å²) < 4.78 is 0. The van der Waals surface area contributed by atoms with Gasteiger partial charge in [-0.3, -0.25) is 9.59 Å². The van der Waals surface area contributed by atoms with Crippen molar-refractivity contribution in [3.05, 3.63) is 5.53 Å². The van der Waals surface area contributed by atoms with Gasteiger partial charge in [-0.05, 0) is 38.4 Å². The van der Waals surface area contributed by atoms with Crippen LogP contribution in [0, 0.1) is 5.92 Å². The zero-order chi connectivity index (χ0) is 21.4. The van der Waals surface area contributed by atoms with Crippen LogP contribution in [-0.2, 0) is 14.4 Å². The lowest BCUT2D eigenvalue weighted by atomic mass is 10.0. The highest BCUT2D eigenvalue weighted by Gasteiger charge is 2.24. The fourth-order valence-electron chi connectivity index (χ4n) is 2.24. The van der Waals surface area contributed by atoms with E-state index in [2.05, 4.69) is 35.8 Å². The first-order valence-corrected chi connectivity index (χ1v) is 9.34. The smallest absolute Gasteiger partial charge is 0.326 e. The topological polar surface area (TPSA) is 149 Å². The van der Waals surface area contributed by atoms with E-state index < -0.39 is 29.7 Å². The highest BCUT2D eigenvalue weighted by molar-refractivity contribution is 6.25. The maximum absolute atomic E-state index is 11.7. The number of Topliss-reactive ketones (excluding diaryl/α,β-unsaturated/α-hetero) is 1. The van der Waals surface area contributed by atoms with Crippen molar-refractivity contribution in [2.45, 2.75) is 73.4 Å². The van der Waals surface area contributed by atoms with Crippen LogP contribution < -0.4 is 11.1 Å². The molecule has 0 unspecified atom stereocenters. The van der Waals surface area contributed by atoms with Gasteiger partial charge in [0.2, 0.25) is 11.7 Å². The van der Waals surface area contributed by atoms with E-state index >= 15 is 0 Å². The fourth-order valence-corrected chi connectivity index (χ4v) is 2.24. The summed E-state index contributed by atoms with van der Waals surface area (Å²) in [5.41, 5.74) is 13.8. The van der Waals surface area contributed by atoms with Crippen LogP contribution in [0.2, 0.25) is 0 Å². The Morgan fingerprint density at radius 3 is 2.00 bits per heavy atom. The molecular formula is C19H39N5O4. The van der Waals surface area contributed by atoms with Gasteiger partial charge >= 0.3 is 12.2 Å². The number of rotatable bonds is 12. The van der Waals surface area contributed by atoms with Crippen molar-refractivity contribution in [2.24, 2.45) is 11.7 Å². The second kappa shape index (κ2) is 18.3. The van der Waals surface area contributed by atoms with Gasteiger partial charge in [0, 0.05) is 6.42 Å². The lowest BCUT2D eigenvalue weighted by Crippen LogP contribution is -2.49. The number of hydrogen-bond donors (Lipinski definition) is 3. The molecule has 0 aliphatic rings. The molecule has 28 heavy (non-hydrogen) atoms. The number of carboxylic acids is 1. The van der Waals surface area contributed by atoms with Crippen molar-refractivity contribution in [1.29, 1.82) is 0 Å². The van der Waals surface area contributed by atoms with Crippen molar-refractivity contribution < 1.29 is 24.3 Å². The molecule has 0 rings (SSSR count). The Labute approximate surface area is 169 Å². The summed E-state index contributed by atoms with van der Waals surface area (Å²) in [6.45, 7) is 13.9. The third-order valence-corrected chi connectivity index (χ3v) is 3.90. The number of carbonyl (C=O) groups excluding carboxylic acids is 2. The van der Waals surface area contributed by atoms with Crippen molar-refractivity contribution in [3.8, 4) is 0 Å². The van der Waals surface area contributed by atoms with Crippen molar-refractivity contribution in [1.82, 2.24) is 10.2 Å². The predicted octanol–water partition coefficient (Wildman–Crippen LogP) is 1.56. The molecular weight excluding hydrogens is 362 g/mol. The summed E-state index contributed by atoms with van der Waals surface area (Å²) in [5.74, 6) is -2.13. The van der Waals surface area contributed by atoms with Crippen LogP contribution in [0.25, 0.3) is 5.53 Å². The van der Waals surface area contributed by atoms with Crippen molar-refractivity contribution in [3.63, 3.8) is 0 Å². The van der Waals surface area contributed by atoms with Gasteiger partial charge in [0.25, 0.3) is 0 Å². The van der Waals surface area contributed by atoms with Crippen LogP contribution in [-0.4, -0.2) is 70.4 Å². The Bertz CT molecular complexity index is 495. The molecule has 164 valence electrons. The lowest BCUT2D eigenvalue weighted by molar-refractivity contribution is -0.142. The molecule has 0 saturated heterocycles. The summed E-state index contributed by atoms with van der Waals surface area (Å²) in [6, 6.07) is -1.98. The van der Waals surface area contributed by atoms with Gasteiger partial charge in [0.1, 0.15) is 6.04 Å². The third kappa shape index (κ3) is 16.1. The molecule has 2 atom stereocenters. The van der Waals surface area contributed by atoms with E-state index in [0.29, 0.717) is 12.6 Å². The maximum atomic E-state index is 11.7. The monoisotopic (exact) mass is 401 g/mol. The SMILES string of the molecule is C.CC(C)C[C@H](N)C(=O)N[C@@H](CCC(=O)C=[N+]=[N-])C(=O)O.CCN(CC)CC. The van der Waals surface area contributed by atoms with Crippen LogP contribution in [0.4, 0.5) is 0 Å². The summed E-state index contributed by atoms with van der Waals surface area (Å²) in [6.07, 6.45) is 0.876. The van der Waals surface area contributed by atoms with Gasteiger partial charge < -0.3 is 26.6 Å². The average Bonchev–Trinajstić information content (AvgIpc) is 2.59. The Balaban J connectivity index is -0.000000665. The van der Waals surface area contributed by atoms with Gasteiger partial charge in [-0.1, -0.05) is 42.0 Å². The second-order valence-electron chi connectivity index (χ2n) is 6.50. The molecule has 0 aromatic carbocycles. The van der Waals surface area contributed by atoms with Crippen LogP contribution >= 0.6 is 0 Å². The molecule has 0 spiro atoms. The number of hydrogen-bond acceptors (Lipinski definition) is 5. The molecule has 9 nitrogen and oxygen atoms in total. The minimum atomic E-state index is -1.25. The maximum Gasteiger partial charge on any atom is 0.326 e. The first-order chi connectivity index (χ1) is 12.6. The second-order valence-corrected chi connectivity index (χ2v) is 6.50. The van der Waals surface area contributed by atoms with E-state index in [-0.39, 0.29) is 26.2 Å². The molecule has 0 aromatic rings. The van der Waals surface area contributed by atoms with Gasteiger partial charge in [-0.2, -0.15) is 4.79 Å². The summed E-state index contributed by atoms with van der Waals surface area (Å²) in [4.78, 5) is 38.7. The van der Waals surface area contributed by atoms with Gasteiger partial charge in [0.05, 0.1) is 6.04 Å². The molecule has 0 fully saturated rings. The molecule has 0 aliphatic heterocycles. The average molecular weight is 402 g/mol. The largest absolute Gasteiger partial charge is 0.480 e. The third-order valence-electron chi connectivity index (χ3n) is 3.90. The van der Waals surface area contributed by atoms with Crippen molar-refractivity contribution in [2.75, 3.05) is 19.6 Å². The number of aliphatic carboxylic acids is 1. The summed E-state index contributed by atoms with van der Waals surface area (Å²) >= 11 is 0. The molecule has 0 radical (unpaired) electrons. The first kappa shape index (κ1) is 30.6. The molecule has 0 bridgehead atoms. The Kier molecular flexibility index (Phi) is 20.0. The number of ketones is 1. The summed E-state index contributed by atoms with van der Waals surface area (Å²) in [5, 5.41) is 11.3. The molecule has 9 heteroatoms. The van der Waals surface area contributed by atoms with Crippen LogP contribution in [0.5, 0.6) is 0 Å². The molecule has 4 N–H and O–H groups in total. The minimum absolute atomic E-state index is 0. The predicted molar refractivity (Wildman–Crippen MR) is 111 cm³/mol. The van der Waals surface area contributed by atoms with Gasteiger partial charge in [0.15, 0.2) is 0 Å². The number of carboxylic acid groups (broad SMARTS) is 1. The molecule has 0 saturated carbocycles. The van der Waals surface area contributed by atoms with E-state index in [1.807, 2.05) is 13.8 Å². The summed E-state index contributed by atoms with van der Waals surface area (Å²) in [7, 11) is 0. The van der Waals surface area contributed by atoms with E-state index in [1.54, 1.807) is 0 Å². The number of amides is 1. The van der Waals surface area contributed by atoms with Crippen LogP contribution in [0.15, 0.2) is 0 Å². The number of carbonyl (C=O) groups is 3. The quantitative estimate of drug-likeness (QED) is 0.257. The minimum Gasteiger partial charge on any atom is -0.480 e. The van der Waals surface area contributed by atoms with Crippen molar-refractivity contribution >= 4 is 23.9 Å². The van der Waals surface area contributed by atoms with E-state index in [0.717, 1.165) is 0 Å². The highest BCUT2D eigenvalue weighted by atomic mass is 16.4. The number of nitrogens with one attached hydrogen (secondary N) is 1. The Morgan fingerprint density at radius 2 is 1.68 bits per heavy atom. The van der Waals surface area contributed by atoms with Crippen LogP contribution in [0.3, 0.4) is 0 Å². The highest BCUT2D eigenvalue weighted by Crippen LogP contribution is 2.04. The molecule has 1 amide bonds. The van der Waals surface area contributed by atoms with Gasteiger partial charge in [-0.15, -0.1) is 0 Å². The standard InChI is InChI=1S/C12H20N4O4.C6H15N.CH4/c1-7(2)5-9(13)11(18)16-10(12(19)20)4-3-8(17)6-15-14;1-4-7(5-2)6-3;/h6-7,9-10H,3-5,13H2,1-2H3,(H,16,18)(H,19,20);4-6H2,1-3H3;1H4/t9-,10-;;/m0../s1. The molecule has 0 aliphatic carbocycles. The Hall–Kier alpha value is -2.09. The van der Waals surface area contributed by atoms with Gasteiger partial charge in [-0.25, -0.2) is 4.79 Å². The molecule has 0 aromatic heterocycles. The van der Waals surface area contributed by atoms with Crippen LogP contribution in [0.1, 0.15) is 61.3 Å². The zero-order valence-corrected chi connectivity index (χ0v) is 17.1.